The van der Waals surface area contributed by atoms with E-state index in [0.717, 1.165) is 38.5 Å². The largest absolute Gasteiger partial charge is 0.474 e. The molecule has 3 heteroatoms. The molecule has 7 rings (SSSR count). The van der Waals surface area contributed by atoms with Gasteiger partial charge in [-0.15, -0.1) is 0 Å². The van der Waals surface area contributed by atoms with Gasteiger partial charge in [0, 0.05) is 16.7 Å². The van der Waals surface area contributed by atoms with Gasteiger partial charge in [-0.1, -0.05) is 153 Å². The number of Topliss-reactive ketones (excluding diaryl/α,β-unsaturated/α-hetero) is 1. The summed E-state index contributed by atoms with van der Waals surface area (Å²) in [5, 5.41) is 0. The SMILES string of the molecule is CC(C)c1ccc2c(c1)SC1(c3ccccc3)C(=O)C(c3ccccc3)=C(c3ccccc3)C1(c1ccccc1)O2. The number of fused-ring (bicyclic) bond motifs is 2. The molecule has 1 heterocycles. The van der Waals surface area contributed by atoms with Gasteiger partial charge in [0.05, 0.1) is 4.90 Å². The van der Waals surface area contributed by atoms with Crippen LogP contribution in [0.5, 0.6) is 5.75 Å². The Bertz CT molecular complexity index is 1760. The highest BCUT2D eigenvalue weighted by molar-refractivity contribution is 8.01. The second-order valence-electron chi connectivity index (χ2n) is 11.0. The lowest BCUT2D eigenvalue weighted by atomic mass is 9.73. The van der Waals surface area contributed by atoms with Gasteiger partial charge in [-0.2, -0.15) is 0 Å². The minimum atomic E-state index is -1.13. The van der Waals surface area contributed by atoms with Gasteiger partial charge >= 0.3 is 0 Å². The van der Waals surface area contributed by atoms with Crippen molar-refractivity contribution in [3.8, 4) is 5.75 Å². The molecule has 0 N–H and O–H groups in total. The number of rotatable bonds is 5. The first kappa shape index (κ1) is 25.6. The third kappa shape index (κ3) is 3.76. The zero-order valence-corrected chi connectivity index (χ0v) is 23.9. The van der Waals surface area contributed by atoms with Crippen molar-refractivity contribution in [2.24, 2.45) is 0 Å². The Balaban J connectivity index is 1.66. The lowest BCUT2D eigenvalue weighted by molar-refractivity contribution is -0.119. The van der Waals surface area contributed by atoms with Crippen molar-refractivity contribution in [2.45, 2.75) is 35.0 Å². The van der Waals surface area contributed by atoms with E-state index in [0.29, 0.717) is 11.5 Å². The van der Waals surface area contributed by atoms with Crippen LogP contribution in [0.3, 0.4) is 0 Å². The van der Waals surface area contributed by atoms with Crippen LogP contribution in [0, 0.1) is 0 Å². The summed E-state index contributed by atoms with van der Waals surface area (Å²) in [7, 11) is 0. The molecule has 0 spiro atoms. The van der Waals surface area contributed by atoms with Crippen molar-refractivity contribution < 1.29 is 9.53 Å². The molecule has 0 amide bonds. The van der Waals surface area contributed by atoms with Crippen LogP contribution in [0.15, 0.2) is 144 Å². The lowest BCUT2D eigenvalue weighted by Crippen LogP contribution is -2.54. The minimum Gasteiger partial charge on any atom is -0.474 e. The molecule has 0 aromatic heterocycles. The number of ether oxygens (including phenoxy) is 1. The summed E-state index contributed by atoms with van der Waals surface area (Å²) >= 11 is 1.64. The summed E-state index contributed by atoms with van der Waals surface area (Å²) in [6.07, 6.45) is 0. The van der Waals surface area contributed by atoms with E-state index in [1.165, 1.54) is 5.56 Å². The predicted molar refractivity (Wildman–Crippen MR) is 168 cm³/mol. The smallest absolute Gasteiger partial charge is 0.189 e. The topological polar surface area (TPSA) is 26.3 Å². The first-order valence-electron chi connectivity index (χ1n) is 14.1. The summed E-state index contributed by atoms with van der Waals surface area (Å²) in [4.78, 5) is 16.5. The maximum Gasteiger partial charge on any atom is 0.189 e. The van der Waals surface area contributed by atoms with E-state index in [-0.39, 0.29) is 5.78 Å². The van der Waals surface area contributed by atoms with Crippen molar-refractivity contribution in [2.75, 3.05) is 0 Å². The fraction of sp³-hybridized carbons (Fsp3) is 0.132. The average Bonchev–Trinajstić information content (AvgIpc) is 3.27. The molecule has 0 radical (unpaired) electrons. The number of hydrogen-bond acceptors (Lipinski definition) is 3. The second kappa shape index (κ2) is 9.94. The highest BCUT2D eigenvalue weighted by Gasteiger charge is 2.71. The van der Waals surface area contributed by atoms with Crippen molar-refractivity contribution in [1.82, 2.24) is 0 Å². The molecule has 1 aliphatic heterocycles. The van der Waals surface area contributed by atoms with Gasteiger partial charge in [-0.3, -0.25) is 4.79 Å². The van der Waals surface area contributed by atoms with Gasteiger partial charge in [-0.05, 0) is 40.3 Å². The van der Waals surface area contributed by atoms with E-state index in [1.807, 2.05) is 84.9 Å². The number of allylic oxidation sites excluding steroid dienone is 1. The van der Waals surface area contributed by atoms with Gasteiger partial charge in [0.25, 0.3) is 0 Å². The molecular weight excluding hydrogens is 520 g/mol. The third-order valence-electron chi connectivity index (χ3n) is 8.29. The summed E-state index contributed by atoms with van der Waals surface area (Å²) in [6.45, 7) is 4.39. The minimum absolute atomic E-state index is 0.0585. The van der Waals surface area contributed by atoms with Crippen LogP contribution in [-0.4, -0.2) is 5.78 Å². The Morgan fingerprint density at radius 3 is 1.76 bits per heavy atom. The molecule has 200 valence electrons. The first-order chi connectivity index (χ1) is 20.1. The first-order valence-corrected chi connectivity index (χ1v) is 14.9. The molecule has 2 atom stereocenters. The summed E-state index contributed by atoms with van der Waals surface area (Å²) in [5.74, 6) is 1.21. The monoisotopic (exact) mass is 550 g/mol. The Hall–Kier alpha value is -4.34. The van der Waals surface area contributed by atoms with Crippen LogP contribution in [0.2, 0.25) is 0 Å². The Labute approximate surface area is 245 Å². The van der Waals surface area contributed by atoms with Gasteiger partial charge in [0.15, 0.2) is 16.1 Å². The molecule has 0 saturated heterocycles. The number of hydrogen-bond donors (Lipinski definition) is 0. The van der Waals surface area contributed by atoms with Gasteiger partial charge < -0.3 is 4.74 Å². The normalized spacial score (nSPS) is 21.4. The lowest BCUT2D eigenvalue weighted by Gasteiger charge is -2.50. The average molecular weight is 551 g/mol. The molecule has 0 bridgehead atoms. The maximum absolute atomic E-state index is 15.5. The third-order valence-corrected chi connectivity index (χ3v) is 9.84. The van der Waals surface area contributed by atoms with E-state index in [1.54, 1.807) is 11.8 Å². The van der Waals surface area contributed by atoms with E-state index >= 15 is 4.79 Å². The van der Waals surface area contributed by atoms with Crippen LogP contribution in [0.25, 0.3) is 11.1 Å². The van der Waals surface area contributed by atoms with Crippen molar-refractivity contribution >= 4 is 28.7 Å². The van der Waals surface area contributed by atoms with Crippen LogP contribution >= 0.6 is 11.8 Å². The standard InChI is InChI=1S/C38H30O2S/c1-26(2)29-23-24-32-33(25-29)41-38(31-21-13-6-14-22-31)36(39)34(27-15-7-3-8-16-27)35(28-17-9-4-10-18-28)37(38,40-32)30-19-11-5-12-20-30/h3-26H,1-2H3. The van der Waals surface area contributed by atoms with Crippen molar-refractivity contribution in [1.29, 1.82) is 0 Å². The van der Waals surface area contributed by atoms with Crippen molar-refractivity contribution in [3.05, 3.63) is 167 Å². The van der Waals surface area contributed by atoms with Crippen molar-refractivity contribution in [3.63, 3.8) is 0 Å². The molecule has 5 aromatic carbocycles. The second-order valence-corrected chi connectivity index (χ2v) is 12.2. The Morgan fingerprint density at radius 2 is 1.17 bits per heavy atom. The Morgan fingerprint density at radius 1 is 0.634 bits per heavy atom. The zero-order valence-electron chi connectivity index (χ0n) is 23.1. The number of carbonyl (C=O) groups is 1. The number of benzene rings is 5. The van der Waals surface area contributed by atoms with Crippen LogP contribution in [0.1, 0.15) is 47.6 Å². The van der Waals surface area contributed by atoms with Gasteiger partial charge in [0.1, 0.15) is 5.75 Å². The van der Waals surface area contributed by atoms with Gasteiger partial charge in [0.2, 0.25) is 0 Å². The van der Waals surface area contributed by atoms with E-state index in [4.69, 9.17) is 4.74 Å². The highest BCUT2D eigenvalue weighted by Crippen LogP contribution is 2.70. The molecule has 2 unspecified atom stereocenters. The summed E-state index contributed by atoms with van der Waals surface area (Å²) < 4.78 is 6.31. The molecule has 0 saturated carbocycles. The summed E-state index contributed by atoms with van der Waals surface area (Å²) in [5.41, 5.74) is 5.45. The van der Waals surface area contributed by atoms with Crippen LogP contribution in [-0.2, 0) is 15.1 Å². The van der Waals surface area contributed by atoms with E-state index < -0.39 is 10.3 Å². The zero-order chi connectivity index (χ0) is 28.0. The van der Waals surface area contributed by atoms with E-state index in [9.17, 15) is 0 Å². The predicted octanol–water partition coefficient (Wildman–Crippen LogP) is 9.28. The molecule has 1 aliphatic carbocycles. The number of carbonyl (C=O) groups excluding carboxylic acids is 1. The quantitative estimate of drug-likeness (QED) is 0.218. The maximum atomic E-state index is 15.5. The van der Waals surface area contributed by atoms with Gasteiger partial charge in [-0.25, -0.2) is 0 Å². The number of thioether (sulfide) groups is 1. The van der Waals surface area contributed by atoms with Crippen LogP contribution in [0.4, 0.5) is 0 Å². The van der Waals surface area contributed by atoms with E-state index in [2.05, 4.69) is 68.4 Å². The summed E-state index contributed by atoms with van der Waals surface area (Å²) in [6, 6.07) is 47.4. The molecule has 0 fully saturated rings. The molecule has 2 aliphatic rings. The molecule has 2 nitrogen and oxygen atoms in total. The fourth-order valence-electron chi connectivity index (χ4n) is 6.40. The molecule has 5 aromatic rings. The number of ketones is 1. The Kier molecular flexibility index (Phi) is 6.21. The fourth-order valence-corrected chi connectivity index (χ4v) is 7.99. The van der Waals surface area contributed by atoms with Crippen LogP contribution < -0.4 is 4.74 Å². The molecule has 41 heavy (non-hydrogen) atoms. The highest BCUT2D eigenvalue weighted by atomic mass is 32.2. The molecular formula is C38H30O2S.